The molecule has 1 aliphatic carbocycles. The number of aromatic amines is 1. The Morgan fingerprint density at radius 2 is 2.11 bits per heavy atom. The minimum absolute atomic E-state index is 0.582. The molecule has 3 rings (SSSR count). The second-order valence-electron chi connectivity index (χ2n) is 5.19. The van der Waals surface area contributed by atoms with Crippen LogP contribution in [0.3, 0.4) is 0 Å². The smallest absolute Gasteiger partial charge is 0.0413 e. The zero-order valence-corrected chi connectivity index (χ0v) is 12.4. The van der Waals surface area contributed by atoms with Gasteiger partial charge >= 0.3 is 0 Å². The van der Waals surface area contributed by atoms with E-state index in [1.165, 1.54) is 42.1 Å². The molecule has 1 aromatic heterocycles. The average molecular weight is 279 g/mol. The Balaban J connectivity index is 0.000000224. The van der Waals surface area contributed by atoms with Gasteiger partial charge in [-0.3, -0.25) is 0 Å². The van der Waals surface area contributed by atoms with Crippen LogP contribution in [0.1, 0.15) is 24.8 Å². The number of rotatable bonds is 3. The van der Waals surface area contributed by atoms with Gasteiger partial charge < -0.3 is 16.0 Å². The van der Waals surface area contributed by atoms with E-state index in [0.717, 1.165) is 18.6 Å². The monoisotopic (exact) mass is 279 g/mol. The van der Waals surface area contributed by atoms with E-state index >= 15 is 0 Å². The normalized spacial score (nSPS) is 20.8. The van der Waals surface area contributed by atoms with E-state index in [-0.39, 0.29) is 0 Å². The quantitative estimate of drug-likeness (QED) is 0.605. The van der Waals surface area contributed by atoms with Crippen molar-refractivity contribution >= 4 is 24.8 Å². The number of nitrogens with two attached hydrogens (primary N) is 1. The second-order valence-corrected chi connectivity index (χ2v) is 5.55. The third kappa shape index (κ3) is 4.13. The van der Waals surface area contributed by atoms with Gasteiger partial charge in [-0.15, -0.1) is 0 Å². The average Bonchev–Trinajstić information content (AvgIpc) is 3.12. The van der Waals surface area contributed by atoms with Crippen LogP contribution in [0, 0.1) is 5.92 Å². The molecule has 0 radical (unpaired) electrons. The SMILES string of the molecule is C1CCNC1.NCCc1c[nH]c2c1=CC(CS)CC=2. The van der Waals surface area contributed by atoms with E-state index in [1.807, 2.05) is 0 Å². The molecule has 0 amide bonds. The molecular formula is C15H25N3S. The van der Waals surface area contributed by atoms with Gasteiger partial charge in [-0.2, -0.15) is 12.6 Å². The lowest BCUT2D eigenvalue weighted by molar-refractivity contribution is 0.812. The molecule has 0 saturated carbocycles. The molecule has 1 saturated heterocycles. The van der Waals surface area contributed by atoms with E-state index in [9.17, 15) is 0 Å². The first kappa shape index (κ1) is 14.7. The van der Waals surface area contributed by atoms with Crippen molar-refractivity contribution in [2.45, 2.75) is 25.7 Å². The molecule has 106 valence electrons. The maximum atomic E-state index is 5.57. The van der Waals surface area contributed by atoms with Gasteiger partial charge in [0, 0.05) is 11.5 Å². The molecule has 0 spiro atoms. The zero-order valence-electron chi connectivity index (χ0n) is 11.5. The first-order chi connectivity index (χ1) is 9.35. The number of fused-ring (bicyclic) bond motifs is 1. The molecule has 2 heterocycles. The standard InChI is InChI=1S/C11H16N2S.C4H9N/c12-4-3-9-6-13-11-2-1-8(7-14)5-10(9)11;1-2-4-5-3-1/h2,5-6,8,13-14H,1,3-4,7,12H2;5H,1-4H2. The summed E-state index contributed by atoms with van der Waals surface area (Å²) in [6, 6.07) is 0. The molecule has 0 aromatic carbocycles. The summed E-state index contributed by atoms with van der Waals surface area (Å²) in [5, 5.41) is 5.83. The summed E-state index contributed by atoms with van der Waals surface area (Å²) in [5.41, 5.74) is 6.91. The Kier molecular flexibility index (Phi) is 6.01. The van der Waals surface area contributed by atoms with Crippen LogP contribution in [-0.4, -0.2) is 30.4 Å². The van der Waals surface area contributed by atoms with Crippen LogP contribution in [0.4, 0.5) is 0 Å². The Morgan fingerprint density at radius 1 is 1.32 bits per heavy atom. The van der Waals surface area contributed by atoms with Crippen LogP contribution in [0.5, 0.6) is 0 Å². The van der Waals surface area contributed by atoms with Crippen molar-refractivity contribution < 1.29 is 0 Å². The molecule has 1 atom stereocenters. The van der Waals surface area contributed by atoms with Crippen molar-refractivity contribution in [3.05, 3.63) is 22.3 Å². The number of thiol groups is 1. The molecular weight excluding hydrogens is 254 g/mol. The maximum absolute atomic E-state index is 5.57. The predicted molar refractivity (Wildman–Crippen MR) is 85.8 cm³/mol. The van der Waals surface area contributed by atoms with Crippen molar-refractivity contribution in [3.63, 3.8) is 0 Å². The van der Waals surface area contributed by atoms with E-state index in [4.69, 9.17) is 5.73 Å². The first-order valence-corrected chi connectivity index (χ1v) is 7.88. The van der Waals surface area contributed by atoms with Gasteiger partial charge in [0.2, 0.25) is 0 Å². The van der Waals surface area contributed by atoms with Crippen LogP contribution in [0.15, 0.2) is 6.20 Å². The highest BCUT2D eigenvalue weighted by Gasteiger charge is 2.08. The summed E-state index contributed by atoms with van der Waals surface area (Å²) in [6.45, 7) is 3.21. The highest BCUT2D eigenvalue weighted by Crippen LogP contribution is 2.10. The third-order valence-corrected chi connectivity index (χ3v) is 4.14. The Labute approximate surface area is 120 Å². The van der Waals surface area contributed by atoms with Crippen molar-refractivity contribution in [2.24, 2.45) is 11.7 Å². The molecule has 1 unspecified atom stereocenters. The van der Waals surface area contributed by atoms with Crippen molar-refractivity contribution in [2.75, 3.05) is 25.4 Å². The van der Waals surface area contributed by atoms with Gasteiger partial charge in [-0.1, -0.05) is 12.2 Å². The van der Waals surface area contributed by atoms with E-state index in [2.05, 4.69) is 41.3 Å². The van der Waals surface area contributed by atoms with Crippen LogP contribution >= 0.6 is 12.6 Å². The van der Waals surface area contributed by atoms with Crippen molar-refractivity contribution in [1.82, 2.24) is 10.3 Å². The molecule has 19 heavy (non-hydrogen) atoms. The summed E-state index contributed by atoms with van der Waals surface area (Å²) in [5.74, 6) is 1.50. The van der Waals surface area contributed by atoms with E-state index in [0.29, 0.717) is 12.5 Å². The molecule has 2 aliphatic rings. The summed E-state index contributed by atoms with van der Waals surface area (Å²) in [4.78, 5) is 3.29. The number of hydrogen-bond acceptors (Lipinski definition) is 3. The van der Waals surface area contributed by atoms with Gasteiger partial charge in [0.25, 0.3) is 0 Å². The number of H-pyrrole nitrogens is 1. The van der Waals surface area contributed by atoms with Gasteiger partial charge in [-0.05, 0) is 67.8 Å². The summed E-state index contributed by atoms with van der Waals surface area (Å²) in [7, 11) is 0. The Bertz CT molecular complexity index is 480. The second kappa shape index (κ2) is 7.78. The topological polar surface area (TPSA) is 53.8 Å². The molecule has 3 nitrogen and oxygen atoms in total. The van der Waals surface area contributed by atoms with Gasteiger partial charge in [0.05, 0.1) is 0 Å². The van der Waals surface area contributed by atoms with Gasteiger partial charge in [-0.25, -0.2) is 0 Å². The van der Waals surface area contributed by atoms with Crippen LogP contribution in [0.2, 0.25) is 0 Å². The minimum atomic E-state index is 0.582. The van der Waals surface area contributed by atoms with Crippen molar-refractivity contribution in [3.8, 4) is 0 Å². The molecule has 4 heteroatoms. The summed E-state index contributed by atoms with van der Waals surface area (Å²) < 4.78 is 0. The minimum Gasteiger partial charge on any atom is -0.361 e. The Hall–Kier alpha value is -0.710. The fourth-order valence-corrected chi connectivity index (χ4v) is 2.80. The highest BCUT2D eigenvalue weighted by molar-refractivity contribution is 7.80. The predicted octanol–water partition coefficient (Wildman–Crippen LogP) is 0.396. The highest BCUT2D eigenvalue weighted by atomic mass is 32.1. The molecule has 0 bridgehead atoms. The fourth-order valence-electron chi connectivity index (χ4n) is 2.55. The first-order valence-electron chi connectivity index (χ1n) is 7.25. The number of hydrogen-bond donors (Lipinski definition) is 4. The number of aromatic nitrogens is 1. The lowest BCUT2D eigenvalue weighted by Gasteiger charge is -2.09. The van der Waals surface area contributed by atoms with Crippen LogP contribution in [0.25, 0.3) is 12.2 Å². The van der Waals surface area contributed by atoms with Gasteiger partial charge in [0.1, 0.15) is 0 Å². The van der Waals surface area contributed by atoms with Gasteiger partial charge in [0.15, 0.2) is 0 Å². The largest absolute Gasteiger partial charge is 0.361 e. The Morgan fingerprint density at radius 3 is 2.68 bits per heavy atom. The third-order valence-electron chi connectivity index (χ3n) is 3.67. The van der Waals surface area contributed by atoms with Crippen LogP contribution < -0.4 is 21.6 Å². The molecule has 1 aliphatic heterocycles. The molecule has 4 N–H and O–H groups in total. The summed E-state index contributed by atoms with van der Waals surface area (Å²) in [6.07, 6.45) is 11.5. The van der Waals surface area contributed by atoms with Crippen molar-refractivity contribution in [1.29, 1.82) is 0 Å². The van der Waals surface area contributed by atoms with E-state index < -0.39 is 0 Å². The van der Waals surface area contributed by atoms with Crippen LogP contribution in [-0.2, 0) is 6.42 Å². The van der Waals surface area contributed by atoms with E-state index in [1.54, 1.807) is 0 Å². The number of nitrogens with one attached hydrogen (secondary N) is 2. The zero-order chi connectivity index (χ0) is 13.5. The lowest BCUT2D eigenvalue weighted by atomic mass is 10.00. The molecule has 1 aromatic rings. The molecule has 1 fully saturated rings. The fraction of sp³-hybridized carbons (Fsp3) is 0.600. The summed E-state index contributed by atoms with van der Waals surface area (Å²) >= 11 is 4.34. The lowest BCUT2D eigenvalue weighted by Crippen LogP contribution is -2.30. The maximum Gasteiger partial charge on any atom is 0.0413 e.